The Hall–Kier alpha value is -2.91. The molecule has 1 aromatic heterocycles. The van der Waals surface area contributed by atoms with Crippen molar-refractivity contribution in [2.45, 2.75) is 69.7 Å². The number of nitrogens with zero attached hydrogens (tertiary/aromatic N) is 5. The van der Waals surface area contributed by atoms with Gasteiger partial charge in [0.2, 0.25) is 12.3 Å². The Morgan fingerprint density at radius 2 is 2.20 bits per heavy atom. The van der Waals surface area contributed by atoms with Crippen molar-refractivity contribution in [2.24, 2.45) is 5.92 Å². The van der Waals surface area contributed by atoms with Gasteiger partial charge >= 0.3 is 0 Å². The number of halogens is 1. The van der Waals surface area contributed by atoms with E-state index in [0.29, 0.717) is 28.9 Å². The maximum absolute atomic E-state index is 14.9. The minimum atomic E-state index is -0.979. The molecular weight excluding hydrogens is 453 g/mol. The van der Waals surface area contributed by atoms with Crippen LogP contribution in [-0.2, 0) is 22.6 Å². The average molecular weight is 484 g/mol. The number of fused-ring (bicyclic) bond motifs is 2. The van der Waals surface area contributed by atoms with Gasteiger partial charge in [-0.1, -0.05) is 11.3 Å². The minimum absolute atomic E-state index is 0.0694. The minimum Gasteiger partial charge on any atom is -0.356 e. The number of ether oxygens (including phenoxy) is 1. The molecule has 2 aliphatic heterocycles. The second-order valence-electron chi connectivity index (χ2n) is 9.62. The lowest BCUT2D eigenvalue weighted by Crippen LogP contribution is -2.50. The van der Waals surface area contributed by atoms with Gasteiger partial charge < -0.3 is 20.5 Å². The first kappa shape index (κ1) is 23.8. The van der Waals surface area contributed by atoms with Gasteiger partial charge in [0, 0.05) is 25.6 Å². The Bertz CT molecular complexity index is 1100. The predicted molar refractivity (Wildman–Crippen MR) is 122 cm³/mol. The molecule has 35 heavy (non-hydrogen) atoms. The summed E-state index contributed by atoms with van der Waals surface area (Å²) in [7, 11) is 0. The maximum Gasteiger partial charge on any atom is 0.238 e. The highest BCUT2D eigenvalue weighted by molar-refractivity contribution is 5.83. The molecule has 0 radical (unpaired) electrons. The SMILES string of the molecule is N#CC(Cc1ccc(-n2cc(COC(O)N3CCCC3)nn2)cc1F)NC(=O)C1NC2CCC1C2. The molecule has 2 saturated heterocycles. The zero-order valence-corrected chi connectivity index (χ0v) is 19.4. The van der Waals surface area contributed by atoms with Crippen molar-refractivity contribution in [3.63, 3.8) is 0 Å². The Labute approximate surface area is 203 Å². The zero-order valence-electron chi connectivity index (χ0n) is 19.4. The lowest BCUT2D eigenvalue weighted by molar-refractivity contribution is -0.193. The number of carbonyl (C=O) groups excluding carboxylic acids is 1. The Morgan fingerprint density at radius 3 is 2.89 bits per heavy atom. The number of benzene rings is 1. The summed E-state index contributed by atoms with van der Waals surface area (Å²) in [6, 6.07) is 5.98. The molecule has 5 rings (SSSR count). The van der Waals surface area contributed by atoms with Crippen LogP contribution in [-0.4, -0.2) is 68.5 Å². The van der Waals surface area contributed by atoms with Crippen molar-refractivity contribution in [2.75, 3.05) is 13.1 Å². The Balaban J connectivity index is 1.17. The molecule has 186 valence electrons. The van der Waals surface area contributed by atoms with Gasteiger partial charge in [-0.15, -0.1) is 5.10 Å². The molecule has 10 nitrogen and oxygen atoms in total. The van der Waals surface area contributed by atoms with E-state index >= 15 is 0 Å². The summed E-state index contributed by atoms with van der Waals surface area (Å²) in [6.07, 6.45) is 5.91. The zero-order chi connectivity index (χ0) is 24.4. The highest BCUT2D eigenvalue weighted by Crippen LogP contribution is 2.35. The fourth-order valence-electron chi connectivity index (χ4n) is 5.32. The van der Waals surface area contributed by atoms with Crippen molar-refractivity contribution in [3.8, 4) is 11.8 Å². The van der Waals surface area contributed by atoms with Crippen LogP contribution in [0.5, 0.6) is 0 Å². The molecule has 1 amide bonds. The van der Waals surface area contributed by atoms with Gasteiger partial charge in [0.25, 0.3) is 0 Å². The van der Waals surface area contributed by atoms with Crippen molar-refractivity contribution in [3.05, 3.63) is 41.5 Å². The summed E-state index contributed by atoms with van der Waals surface area (Å²) in [4.78, 5) is 14.5. The van der Waals surface area contributed by atoms with Gasteiger partial charge in [0.1, 0.15) is 17.6 Å². The number of hydrogen-bond acceptors (Lipinski definition) is 8. The summed E-state index contributed by atoms with van der Waals surface area (Å²) in [5.74, 6) is -0.363. The van der Waals surface area contributed by atoms with Crippen LogP contribution in [0.4, 0.5) is 4.39 Å². The van der Waals surface area contributed by atoms with Gasteiger partial charge in [-0.3, -0.25) is 9.69 Å². The molecule has 1 aliphatic carbocycles. The summed E-state index contributed by atoms with van der Waals surface area (Å²) < 4.78 is 21.8. The highest BCUT2D eigenvalue weighted by Gasteiger charge is 2.43. The van der Waals surface area contributed by atoms with E-state index in [-0.39, 0.29) is 25.0 Å². The number of nitriles is 1. The Morgan fingerprint density at radius 1 is 1.37 bits per heavy atom. The van der Waals surface area contributed by atoms with Gasteiger partial charge in [0.05, 0.1) is 30.6 Å². The first-order valence-corrected chi connectivity index (χ1v) is 12.2. The molecule has 3 aliphatic rings. The van der Waals surface area contributed by atoms with Crippen molar-refractivity contribution in [1.29, 1.82) is 5.26 Å². The summed E-state index contributed by atoms with van der Waals surface area (Å²) in [5.41, 5.74) is 1.31. The van der Waals surface area contributed by atoms with E-state index in [1.807, 2.05) is 4.90 Å². The normalized spacial score (nSPS) is 25.5. The fraction of sp³-hybridized carbons (Fsp3) is 0.583. The molecule has 3 heterocycles. The lowest BCUT2D eigenvalue weighted by Gasteiger charge is -2.23. The largest absolute Gasteiger partial charge is 0.356 e. The number of carbonyl (C=O) groups is 1. The van der Waals surface area contributed by atoms with Gasteiger partial charge in [-0.05, 0) is 55.7 Å². The van der Waals surface area contributed by atoms with E-state index in [1.165, 1.54) is 10.7 Å². The monoisotopic (exact) mass is 483 g/mol. The quantitative estimate of drug-likeness (QED) is 0.451. The van der Waals surface area contributed by atoms with Crippen LogP contribution in [0.3, 0.4) is 0 Å². The molecule has 1 aromatic carbocycles. The van der Waals surface area contributed by atoms with Gasteiger partial charge in [-0.25, -0.2) is 9.07 Å². The average Bonchev–Trinajstić information content (AvgIpc) is 3.67. The number of hydrogen-bond donors (Lipinski definition) is 3. The molecule has 2 bridgehead atoms. The van der Waals surface area contributed by atoms with Gasteiger partial charge in [0.15, 0.2) is 0 Å². The summed E-state index contributed by atoms with van der Waals surface area (Å²) in [6.45, 7) is 1.68. The van der Waals surface area contributed by atoms with Crippen molar-refractivity contribution < 1.29 is 19.0 Å². The number of aliphatic hydroxyl groups is 1. The number of likely N-dealkylation sites (tertiary alicyclic amines) is 1. The maximum atomic E-state index is 14.9. The van der Waals surface area contributed by atoms with Crippen molar-refractivity contribution >= 4 is 5.91 Å². The van der Waals surface area contributed by atoms with Crippen LogP contribution in [0.1, 0.15) is 43.4 Å². The predicted octanol–water partition coefficient (Wildman–Crippen LogP) is 0.986. The standard InChI is InChI=1S/C24H30FN7O3/c25-21-11-20(32-13-19(29-30-32)14-35-24(34)31-7-1-2-8-31)6-4-15(21)9-18(12-26)28-23(33)22-16-3-5-17(10-16)27-22/h4,6,11,13,16-18,22,24,27,34H,1-3,5,7-10,14H2,(H,28,33). The molecule has 5 unspecified atom stereocenters. The molecule has 5 atom stereocenters. The van der Waals surface area contributed by atoms with E-state index in [0.717, 1.165) is 45.2 Å². The summed E-state index contributed by atoms with van der Waals surface area (Å²) >= 11 is 0. The van der Waals surface area contributed by atoms with Crippen LogP contribution in [0, 0.1) is 23.1 Å². The molecular formula is C24H30FN7O3. The van der Waals surface area contributed by atoms with E-state index in [1.54, 1.807) is 18.3 Å². The number of rotatable bonds is 9. The molecule has 3 fully saturated rings. The third-order valence-electron chi connectivity index (χ3n) is 7.21. The number of aliphatic hydroxyl groups excluding tert-OH is 1. The molecule has 11 heteroatoms. The molecule has 1 saturated carbocycles. The number of nitrogens with one attached hydrogen (secondary N) is 2. The van der Waals surface area contributed by atoms with E-state index in [4.69, 9.17) is 4.74 Å². The van der Waals surface area contributed by atoms with Gasteiger partial charge in [-0.2, -0.15) is 5.26 Å². The number of amides is 1. The topological polar surface area (TPSA) is 128 Å². The Kier molecular flexibility index (Phi) is 7.06. The first-order valence-electron chi connectivity index (χ1n) is 12.2. The second-order valence-corrected chi connectivity index (χ2v) is 9.62. The molecule has 0 spiro atoms. The smallest absolute Gasteiger partial charge is 0.238 e. The van der Waals surface area contributed by atoms with E-state index in [2.05, 4.69) is 27.0 Å². The highest BCUT2D eigenvalue weighted by atomic mass is 19.1. The lowest BCUT2D eigenvalue weighted by atomic mass is 9.98. The molecule has 2 aromatic rings. The van der Waals surface area contributed by atoms with Crippen LogP contribution in [0.2, 0.25) is 0 Å². The van der Waals surface area contributed by atoms with E-state index < -0.39 is 18.3 Å². The number of aromatic nitrogens is 3. The second kappa shape index (κ2) is 10.4. The first-order chi connectivity index (χ1) is 17.0. The van der Waals surface area contributed by atoms with Crippen molar-refractivity contribution in [1.82, 2.24) is 30.5 Å². The third-order valence-corrected chi connectivity index (χ3v) is 7.21. The molecule has 3 N–H and O–H groups in total. The van der Waals surface area contributed by atoms with Crippen LogP contribution >= 0.6 is 0 Å². The fourth-order valence-corrected chi connectivity index (χ4v) is 5.32. The number of piperidine rings is 1. The third kappa shape index (κ3) is 5.36. The van der Waals surface area contributed by atoms with Crippen LogP contribution in [0.15, 0.2) is 24.4 Å². The van der Waals surface area contributed by atoms with E-state index in [9.17, 15) is 19.6 Å². The van der Waals surface area contributed by atoms with Crippen LogP contribution < -0.4 is 10.6 Å². The summed E-state index contributed by atoms with van der Waals surface area (Å²) in [5, 5.41) is 33.8. The van der Waals surface area contributed by atoms with Crippen LogP contribution in [0.25, 0.3) is 5.69 Å².